The van der Waals surface area contributed by atoms with Gasteiger partial charge in [0.25, 0.3) is 11.8 Å². The first kappa shape index (κ1) is 23.1. The van der Waals surface area contributed by atoms with Crippen molar-refractivity contribution in [3.63, 3.8) is 0 Å². The Morgan fingerprint density at radius 1 is 1.26 bits per heavy atom. The third kappa shape index (κ3) is 4.80. The van der Waals surface area contributed by atoms with E-state index >= 15 is 0 Å². The first-order valence-electron chi connectivity index (χ1n) is 10.2. The molecule has 3 aromatic heterocycles. The van der Waals surface area contributed by atoms with Gasteiger partial charge < -0.3 is 15.0 Å². The number of amides is 2. The first-order valence-corrected chi connectivity index (χ1v) is 10.2. The number of halogens is 3. The number of carbonyl (C=O) groups excluding carboxylic acids is 2. The van der Waals surface area contributed by atoms with Gasteiger partial charge in [0, 0.05) is 35.3 Å². The topological polar surface area (TPSA) is 110 Å². The number of alkyl halides is 3. The van der Waals surface area contributed by atoms with Crippen molar-refractivity contribution in [2.24, 2.45) is 0 Å². The van der Waals surface area contributed by atoms with Gasteiger partial charge in [-0.2, -0.15) is 18.3 Å². The summed E-state index contributed by atoms with van der Waals surface area (Å²) in [5.74, 6) is -0.666. The van der Waals surface area contributed by atoms with Gasteiger partial charge in [-0.25, -0.2) is 9.97 Å². The summed E-state index contributed by atoms with van der Waals surface area (Å²) in [5, 5.41) is 10.1. The minimum atomic E-state index is -4.47. The maximum absolute atomic E-state index is 13.1. The molecule has 4 rings (SSSR count). The number of fused-ring (bicyclic) bond motifs is 1. The van der Waals surface area contributed by atoms with Gasteiger partial charge in [-0.05, 0) is 43.7 Å². The van der Waals surface area contributed by atoms with Crippen LogP contribution in [0.25, 0.3) is 0 Å². The van der Waals surface area contributed by atoms with Crippen LogP contribution in [0.3, 0.4) is 0 Å². The largest absolute Gasteiger partial charge is 0.468 e. The molecule has 34 heavy (non-hydrogen) atoms. The average Bonchev–Trinajstić information content (AvgIpc) is 3.15. The molecule has 1 N–H and O–H groups in total. The zero-order valence-electron chi connectivity index (χ0n) is 18.1. The number of pyridine rings is 2. The number of nitrogens with zero attached hydrogens (tertiary/aromatic N) is 5. The molecule has 0 radical (unpaired) electrons. The minimum absolute atomic E-state index is 0.103. The Balaban J connectivity index is 1.52. The van der Waals surface area contributed by atoms with Gasteiger partial charge in [0.15, 0.2) is 12.3 Å². The number of aryl methyl sites for hydroxylation is 1. The number of ether oxygens (including phenoxy) is 1. The Bertz CT molecular complexity index is 1240. The van der Waals surface area contributed by atoms with Crippen LogP contribution >= 0.6 is 0 Å². The Kier molecular flexibility index (Phi) is 6.14. The van der Waals surface area contributed by atoms with Crippen LogP contribution < -0.4 is 10.1 Å². The lowest BCUT2D eigenvalue weighted by atomic mass is 10.1. The highest BCUT2D eigenvalue weighted by Gasteiger charge is 2.34. The van der Waals surface area contributed by atoms with Crippen LogP contribution in [0.2, 0.25) is 0 Å². The molecule has 0 spiro atoms. The number of carbonyl (C=O) groups is 2. The van der Waals surface area contributed by atoms with E-state index in [1.807, 2.05) is 0 Å². The Labute approximate surface area is 192 Å². The predicted octanol–water partition coefficient (Wildman–Crippen LogP) is 3.49. The van der Waals surface area contributed by atoms with Crippen LogP contribution in [-0.4, -0.2) is 49.7 Å². The van der Waals surface area contributed by atoms with E-state index in [9.17, 15) is 22.8 Å². The van der Waals surface area contributed by atoms with E-state index in [1.54, 1.807) is 36.9 Å². The molecule has 0 saturated carbocycles. The van der Waals surface area contributed by atoms with E-state index in [2.05, 4.69) is 25.5 Å². The molecule has 0 aliphatic carbocycles. The second kappa shape index (κ2) is 9.04. The number of anilines is 1. The lowest BCUT2D eigenvalue weighted by Gasteiger charge is -2.25. The van der Waals surface area contributed by atoms with Crippen molar-refractivity contribution >= 4 is 17.6 Å². The molecule has 0 bridgehead atoms. The quantitative estimate of drug-likeness (QED) is 0.585. The van der Waals surface area contributed by atoms with Gasteiger partial charge in [0.05, 0.1) is 12.6 Å². The van der Waals surface area contributed by atoms with E-state index in [4.69, 9.17) is 4.74 Å². The van der Waals surface area contributed by atoms with E-state index in [0.717, 1.165) is 0 Å². The van der Waals surface area contributed by atoms with Crippen LogP contribution in [0, 0.1) is 6.92 Å². The van der Waals surface area contributed by atoms with Crippen LogP contribution in [-0.2, 0) is 6.54 Å². The molecule has 9 nitrogen and oxygen atoms in total. The molecule has 4 heterocycles. The van der Waals surface area contributed by atoms with Crippen molar-refractivity contribution in [3.05, 3.63) is 70.8 Å². The van der Waals surface area contributed by atoms with Crippen LogP contribution in [0.5, 0.6) is 5.88 Å². The smallest absolute Gasteiger partial charge is 0.422 e. The fourth-order valence-corrected chi connectivity index (χ4v) is 3.56. The van der Waals surface area contributed by atoms with Gasteiger partial charge >= 0.3 is 6.18 Å². The fraction of sp³-hybridized carbons (Fsp3) is 0.273. The predicted molar refractivity (Wildman–Crippen MR) is 113 cm³/mol. The molecule has 12 heteroatoms. The summed E-state index contributed by atoms with van der Waals surface area (Å²) in [6.45, 7) is 2.09. The summed E-state index contributed by atoms with van der Waals surface area (Å²) >= 11 is 0. The normalized spacial score (nSPS) is 14.0. The zero-order valence-corrected chi connectivity index (χ0v) is 18.1. The van der Waals surface area contributed by atoms with Crippen molar-refractivity contribution < 1.29 is 27.5 Å². The molecule has 2 amide bonds. The number of aromatic nitrogens is 4. The van der Waals surface area contributed by atoms with Crippen molar-refractivity contribution in [2.45, 2.75) is 32.6 Å². The molecular formula is C22H19F3N6O3. The third-order valence-electron chi connectivity index (χ3n) is 5.29. The molecule has 0 saturated heterocycles. The van der Waals surface area contributed by atoms with Crippen molar-refractivity contribution in [1.82, 2.24) is 25.1 Å². The van der Waals surface area contributed by atoms with Gasteiger partial charge in [-0.1, -0.05) is 0 Å². The molecule has 3 aromatic rings. The van der Waals surface area contributed by atoms with Crippen molar-refractivity contribution in [1.29, 1.82) is 0 Å². The molecule has 1 aliphatic heterocycles. The highest BCUT2D eigenvalue weighted by atomic mass is 19.4. The standard InChI is InChI=1S/C22H19F3N6O3/c1-12-8-14(9-27-20(12)34-11-22(23,24)25)13(2)31-10-16-15(21(31)33)5-7-26-18(16)29-19(32)17-4-3-6-28-30-17/h3-9,13H,10-11H2,1-2H3,(H,26,29,32). The third-order valence-corrected chi connectivity index (χ3v) is 5.29. The maximum Gasteiger partial charge on any atom is 0.422 e. The van der Waals surface area contributed by atoms with Crippen LogP contribution in [0.15, 0.2) is 42.9 Å². The van der Waals surface area contributed by atoms with Gasteiger partial charge in [-0.15, -0.1) is 5.10 Å². The maximum atomic E-state index is 13.1. The highest BCUT2D eigenvalue weighted by molar-refractivity contribution is 6.05. The summed E-state index contributed by atoms with van der Waals surface area (Å²) in [5.41, 5.74) is 2.08. The fourth-order valence-electron chi connectivity index (χ4n) is 3.56. The second-order valence-electron chi connectivity index (χ2n) is 7.65. The lowest BCUT2D eigenvalue weighted by molar-refractivity contribution is -0.154. The second-order valence-corrected chi connectivity index (χ2v) is 7.65. The average molecular weight is 472 g/mol. The van der Waals surface area contributed by atoms with E-state index in [-0.39, 0.29) is 29.8 Å². The summed E-state index contributed by atoms with van der Waals surface area (Å²) < 4.78 is 42.0. The van der Waals surface area contributed by atoms with Crippen LogP contribution in [0.1, 0.15) is 50.5 Å². The molecule has 1 unspecified atom stereocenters. The lowest BCUT2D eigenvalue weighted by Crippen LogP contribution is -2.27. The molecule has 1 aliphatic rings. The molecule has 176 valence electrons. The number of rotatable bonds is 6. The SMILES string of the molecule is Cc1cc(C(C)N2Cc3c(ccnc3NC(=O)c3cccnn3)C2=O)cnc1OCC(F)(F)F. The summed E-state index contributed by atoms with van der Waals surface area (Å²) in [7, 11) is 0. The van der Waals surface area contributed by atoms with E-state index in [1.165, 1.54) is 24.7 Å². The Morgan fingerprint density at radius 3 is 2.74 bits per heavy atom. The highest BCUT2D eigenvalue weighted by Crippen LogP contribution is 2.34. The summed E-state index contributed by atoms with van der Waals surface area (Å²) in [4.78, 5) is 35.3. The molecular weight excluding hydrogens is 453 g/mol. The zero-order chi connectivity index (χ0) is 24.5. The van der Waals surface area contributed by atoms with E-state index in [0.29, 0.717) is 22.3 Å². The van der Waals surface area contributed by atoms with Gasteiger partial charge in [-0.3, -0.25) is 9.59 Å². The number of hydrogen-bond donors (Lipinski definition) is 1. The molecule has 0 fully saturated rings. The number of hydrogen-bond acceptors (Lipinski definition) is 7. The molecule has 1 atom stereocenters. The van der Waals surface area contributed by atoms with Crippen molar-refractivity contribution in [2.75, 3.05) is 11.9 Å². The monoisotopic (exact) mass is 472 g/mol. The van der Waals surface area contributed by atoms with Gasteiger partial charge in [0.1, 0.15) is 5.82 Å². The first-order chi connectivity index (χ1) is 16.1. The Hall–Kier alpha value is -4.09. The molecule has 0 aromatic carbocycles. The number of nitrogens with one attached hydrogen (secondary N) is 1. The van der Waals surface area contributed by atoms with Gasteiger partial charge in [0.2, 0.25) is 5.88 Å². The summed E-state index contributed by atoms with van der Waals surface area (Å²) in [6.07, 6.45) is -0.217. The van der Waals surface area contributed by atoms with Crippen LogP contribution in [0.4, 0.5) is 19.0 Å². The van der Waals surface area contributed by atoms with E-state index < -0.39 is 24.7 Å². The minimum Gasteiger partial charge on any atom is -0.468 e. The Morgan fingerprint density at radius 2 is 2.06 bits per heavy atom. The van der Waals surface area contributed by atoms with Crippen molar-refractivity contribution in [3.8, 4) is 5.88 Å². The summed E-state index contributed by atoms with van der Waals surface area (Å²) in [6, 6.07) is 5.83.